The Bertz CT molecular complexity index is 1090. The summed E-state index contributed by atoms with van der Waals surface area (Å²) in [5.41, 5.74) is 3.07. The van der Waals surface area contributed by atoms with E-state index in [1.165, 1.54) is 16.0 Å². The minimum Gasteiger partial charge on any atom is -0.290 e. The average Bonchev–Trinajstić information content (AvgIpc) is 3.15. The number of carbonyl (C=O) groups is 2. The fourth-order valence-corrected chi connectivity index (χ4v) is 5.16. The van der Waals surface area contributed by atoms with E-state index in [0.717, 1.165) is 26.2 Å². The van der Waals surface area contributed by atoms with Crippen LogP contribution >= 0.6 is 11.6 Å². The van der Waals surface area contributed by atoms with E-state index in [9.17, 15) is 9.59 Å². The predicted octanol–water partition coefficient (Wildman–Crippen LogP) is 4.38. The summed E-state index contributed by atoms with van der Waals surface area (Å²) in [6.45, 7) is 3.12. The second kappa shape index (κ2) is 9.48. The van der Waals surface area contributed by atoms with Crippen molar-refractivity contribution in [1.29, 1.82) is 0 Å². The van der Waals surface area contributed by atoms with Gasteiger partial charge in [0.2, 0.25) is 5.91 Å². The summed E-state index contributed by atoms with van der Waals surface area (Å²) in [7, 11) is 0. The van der Waals surface area contributed by atoms with Crippen molar-refractivity contribution in [1.82, 2.24) is 9.80 Å². The molecule has 1 atom stereocenters. The molecule has 2 amide bonds. The highest BCUT2D eigenvalue weighted by atomic mass is 35.5. The number of anilines is 1. The van der Waals surface area contributed by atoms with E-state index in [0.29, 0.717) is 10.7 Å². The van der Waals surface area contributed by atoms with Crippen LogP contribution in [0.5, 0.6) is 0 Å². The molecule has 2 aliphatic heterocycles. The third kappa shape index (κ3) is 4.44. The van der Waals surface area contributed by atoms with Gasteiger partial charge in [-0.25, -0.2) is 4.90 Å². The average molecular weight is 460 g/mol. The lowest BCUT2D eigenvalue weighted by Crippen LogP contribution is -2.53. The Kier molecular flexibility index (Phi) is 6.27. The van der Waals surface area contributed by atoms with Crippen LogP contribution in [0.2, 0.25) is 5.02 Å². The molecule has 168 valence electrons. The van der Waals surface area contributed by atoms with E-state index < -0.39 is 6.04 Å². The van der Waals surface area contributed by atoms with Gasteiger partial charge in [0.25, 0.3) is 5.91 Å². The number of piperazine rings is 1. The van der Waals surface area contributed by atoms with Crippen LogP contribution in [0.3, 0.4) is 0 Å². The van der Waals surface area contributed by atoms with Gasteiger partial charge in [0.1, 0.15) is 0 Å². The van der Waals surface area contributed by atoms with E-state index in [1.807, 2.05) is 12.1 Å². The molecule has 0 aromatic heterocycles. The number of amides is 2. The highest BCUT2D eigenvalue weighted by Gasteiger charge is 2.43. The molecule has 0 saturated carbocycles. The summed E-state index contributed by atoms with van der Waals surface area (Å²) >= 11 is 6.09. The van der Waals surface area contributed by atoms with E-state index in [-0.39, 0.29) is 24.3 Å². The number of imide groups is 1. The quantitative estimate of drug-likeness (QED) is 0.531. The van der Waals surface area contributed by atoms with Crippen LogP contribution < -0.4 is 4.90 Å². The lowest BCUT2D eigenvalue weighted by molar-refractivity contribution is -0.123. The molecule has 6 heteroatoms. The lowest BCUT2D eigenvalue weighted by atomic mass is 9.96. The maximum Gasteiger partial charge on any atom is 0.251 e. The molecule has 1 unspecified atom stereocenters. The van der Waals surface area contributed by atoms with Crippen LogP contribution in [-0.2, 0) is 9.59 Å². The van der Waals surface area contributed by atoms with Gasteiger partial charge < -0.3 is 0 Å². The first-order chi connectivity index (χ1) is 16.1. The Balaban J connectivity index is 1.31. The minimum atomic E-state index is -0.412. The van der Waals surface area contributed by atoms with E-state index in [2.05, 4.69) is 58.3 Å². The van der Waals surface area contributed by atoms with Crippen molar-refractivity contribution in [3.63, 3.8) is 0 Å². The van der Waals surface area contributed by atoms with Gasteiger partial charge >= 0.3 is 0 Å². The highest BCUT2D eigenvalue weighted by molar-refractivity contribution is 6.31. The number of hydrogen-bond donors (Lipinski definition) is 0. The third-order valence-corrected chi connectivity index (χ3v) is 6.81. The number of carbonyl (C=O) groups excluding carboxylic acids is 2. The lowest BCUT2D eigenvalue weighted by Gasteiger charge is -2.41. The van der Waals surface area contributed by atoms with Crippen molar-refractivity contribution in [3.05, 3.63) is 101 Å². The summed E-state index contributed by atoms with van der Waals surface area (Å²) in [5, 5.41) is 0.512. The van der Waals surface area contributed by atoms with Crippen molar-refractivity contribution in [3.8, 4) is 0 Å². The number of hydrogen-bond acceptors (Lipinski definition) is 4. The van der Waals surface area contributed by atoms with Gasteiger partial charge in [0.15, 0.2) is 0 Å². The molecule has 5 nitrogen and oxygen atoms in total. The number of benzene rings is 3. The molecule has 2 heterocycles. The topological polar surface area (TPSA) is 43.9 Å². The molecular formula is C27H26ClN3O2. The first kappa shape index (κ1) is 21.8. The van der Waals surface area contributed by atoms with Gasteiger partial charge in [-0.3, -0.25) is 19.4 Å². The van der Waals surface area contributed by atoms with E-state index in [1.54, 1.807) is 24.3 Å². The molecule has 33 heavy (non-hydrogen) atoms. The molecule has 0 bridgehead atoms. The Morgan fingerprint density at radius 1 is 0.758 bits per heavy atom. The van der Waals surface area contributed by atoms with Crippen molar-refractivity contribution < 1.29 is 9.59 Å². The zero-order valence-corrected chi connectivity index (χ0v) is 19.1. The first-order valence-corrected chi connectivity index (χ1v) is 11.7. The van der Waals surface area contributed by atoms with E-state index in [4.69, 9.17) is 11.6 Å². The zero-order valence-electron chi connectivity index (χ0n) is 18.3. The second-order valence-electron chi connectivity index (χ2n) is 8.56. The van der Waals surface area contributed by atoms with Crippen molar-refractivity contribution in [2.75, 3.05) is 31.1 Å². The Morgan fingerprint density at radius 3 is 1.94 bits per heavy atom. The molecule has 0 spiro atoms. The molecule has 2 saturated heterocycles. The minimum absolute atomic E-state index is 0.154. The van der Waals surface area contributed by atoms with Gasteiger partial charge in [-0.15, -0.1) is 0 Å². The van der Waals surface area contributed by atoms with Crippen LogP contribution in [0.4, 0.5) is 5.69 Å². The normalized spacial score (nSPS) is 20.1. The van der Waals surface area contributed by atoms with Crippen LogP contribution in [0, 0.1) is 0 Å². The maximum atomic E-state index is 13.2. The summed E-state index contributed by atoms with van der Waals surface area (Å²) in [6.07, 6.45) is 0.214. The summed E-state index contributed by atoms with van der Waals surface area (Å²) < 4.78 is 0. The van der Waals surface area contributed by atoms with Crippen LogP contribution in [0.1, 0.15) is 23.6 Å². The molecule has 2 aliphatic rings. The predicted molar refractivity (Wildman–Crippen MR) is 130 cm³/mol. The van der Waals surface area contributed by atoms with Gasteiger partial charge in [0.05, 0.1) is 24.2 Å². The van der Waals surface area contributed by atoms with Crippen LogP contribution in [0.25, 0.3) is 0 Å². The van der Waals surface area contributed by atoms with Crippen molar-refractivity contribution >= 4 is 29.1 Å². The number of rotatable bonds is 5. The second-order valence-corrected chi connectivity index (χ2v) is 9.00. The Labute approximate surface area is 199 Å². The van der Waals surface area contributed by atoms with Gasteiger partial charge in [-0.05, 0) is 29.3 Å². The molecule has 5 rings (SSSR count). The summed E-state index contributed by atoms with van der Waals surface area (Å²) in [5.74, 6) is -0.320. The summed E-state index contributed by atoms with van der Waals surface area (Å²) in [6, 6.07) is 27.8. The molecule has 0 aliphatic carbocycles. The molecule has 3 aromatic carbocycles. The van der Waals surface area contributed by atoms with Gasteiger partial charge in [-0.2, -0.15) is 0 Å². The summed E-state index contributed by atoms with van der Waals surface area (Å²) in [4.78, 5) is 31.8. The number of halogens is 1. The first-order valence-electron chi connectivity index (χ1n) is 11.3. The Hall–Kier alpha value is -2.99. The smallest absolute Gasteiger partial charge is 0.251 e. The fourth-order valence-electron chi connectivity index (χ4n) is 4.98. The third-order valence-electron chi connectivity index (χ3n) is 6.57. The van der Waals surface area contributed by atoms with Crippen LogP contribution in [-0.4, -0.2) is 53.8 Å². The SMILES string of the molecule is O=C1CC(N2CCN(C(c3ccccc3)c3ccccc3)CC2)C(=O)N1c1cccc(Cl)c1. The number of nitrogens with zero attached hydrogens (tertiary/aromatic N) is 3. The van der Waals surface area contributed by atoms with Gasteiger partial charge in [0, 0.05) is 31.2 Å². The molecule has 0 radical (unpaired) electrons. The maximum absolute atomic E-state index is 13.2. The standard InChI is InChI=1S/C27H26ClN3O2/c28-22-12-7-13-23(18-22)31-25(32)19-24(27(31)33)29-14-16-30(17-15-29)26(20-8-3-1-4-9-20)21-10-5-2-6-11-21/h1-13,18,24,26H,14-17,19H2. The Morgan fingerprint density at radius 2 is 1.36 bits per heavy atom. The van der Waals surface area contributed by atoms with E-state index >= 15 is 0 Å². The zero-order chi connectivity index (χ0) is 22.8. The molecule has 0 N–H and O–H groups in total. The fraction of sp³-hybridized carbons (Fsp3) is 0.259. The largest absolute Gasteiger partial charge is 0.290 e. The van der Waals surface area contributed by atoms with Crippen LogP contribution in [0.15, 0.2) is 84.9 Å². The van der Waals surface area contributed by atoms with Crippen molar-refractivity contribution in [2.45, 2.75) is 18.5 Å². The van der Waals surface area contributed by atoms with Gasteiger partial charge in [-0.1, -0.05) is 78.3 Å². The van der Waals surface area contributed by atoms with Crippen molar-refractivity contribution in [2.24, 2.45) is 0 Å². The molecule has 2 fully saturated rings. The molecule has 3 aromatic rings. The monoisotopic (exact) mass is 459 g/mol. The highest BCUT2D eigenvalue weighted by Crippen LogP contribution is 2.32. The molecular weight excluding hydrogens is 434 g/mol.